The predicted octanol–water partition coefficient (Wildman–Crippen LogP) is 6.43. The van der Waals surface area contributed by atoms with Crippen molar-refractivity contribution in [1.29, 1.82) is 0 Å². The average molecular weight is 529 g/mol. The Morgan fingerprint density at radius 1 is 0.842 bits per heavy atom. The van der Waals surface area contributed by atoms with Crippen LogP contribution in [0.5, 0.6) is 5.75 Å². The molecule has 1 N–H and O–H groups in total. The Morgan fingerprint density at radius 2 is 1.50 bits per heavy atom. The number of nitrogens with zero attached hydrogens (tertiary/aromatic N) is 1. The molecule has 0 aliphatic heterocycles. The number of hydrogen-bond acceptors (Lipinski definition) is 3. The lowest BCUT2D eigenvalue weighted by molar-refractivity contribution is -0.143. The number of hydrogen-bond donors (Lipinski definition) is 1. The fourth-order valence-corrected chi connectivity index (χ4v) is 4.46. The van der Waals surface area contributed by atoms with Crippen molar-refractivity contribution < 1.29 is 14.3 Å². The van der Waals surface area contributed by atoms with Gasteiger partial charge >= 0.3 is 0 Å². The van der Waals surface area contributed by atoms with E-state index >= 15 is 0 Å². The van der Waals surface area contributed by atoms with E-state index in [1.165, 1.54) is 0 Å². The molecule has 0 fully saturated rings. The zero-order valence-electron chi connectivity index (χ0n) is 22.0. The third-order valence-corrected chi connectivity index (χ3v) is 6.39. The topological polar surface area (TPSA) is 58.6 Å². The molecular weight excluding hydrogens is 496 g/mol. The van der Waals surface area contributed by atoms with Gasteiger partial charge in [-0.15, -0.1) is 0 Å². The van der Waals surface area contributed by atoms with Gasteiger partial charge < -0.3 is 15.0 Å². The van der Waals surface area contributed by atoms with Crippen molar-refractivity contribution in [2.24, 2.45) is 0 Å². The lowest BCUT2D eigenvalue weighted by atomic mass is 10.0. The van der Waals surface area contributed by atoms with E-state index in [4.69, 9.17) is 16.3 Å². The third-order valence-electron chi connectivity index (χ3n) is 6.14. The number of amides is 2. The lowest BCUT2D eigenvalue weighted by Gasteiger charge is -2.33. The molecule has 38 heavy (non-hydrogen) atoms. The summed E-state index contributed by atoms with van der Waals surface area (Å²) in [5.74, 6) is 0.133. The second kappa shape index (κ2) is 12.1. The summed E-state index contributed by atoms with van der Waals surface area (Å²) in [6.07, 6.45) is 0.371. The van der Waals surface area contributed by atoms with E-state index in [1.54, 1.807) is 17.0 Å². The minimum absolute atomic E-state index is 0.199. The van der Waals surface area contributed by atoms with Gasteiger partial charge in [-0.1, -0.05) is 90.5 Å². The van der Waals surface area contributed by atoms with Crippen LogP contribution in [0.1, 0.15) is 31.9 Å². The molecule has 0 aromatic heterocycles. The molecule has 0 saturated carbocycles. The number of rotatable bonds is 9. The fraction of sp³-hybridized carbons (Fsp3) is 0.250. The number of carbonyl (C=O) groups is 2. The first-order valence-electron chi connectivity index (χ1n) is 12.7. The smallest absolute Gasteiger partial charge is 0.261 e. The normalized spacial score (nSPS) is 12.1. The van der Waals surface area contributed by atoms with Crippen molar-refractivity contribution in [3.8, 4) is 5.75 Å². The van der Waals surface area contributed by atoms with Gasteiger partial charge in [0.1, 0.15) is 11.8 Å². The van der Waals surface area contributed by atoms with Gasteiger partial charge in [-0.3, -0.25) is 9.59 Å². The van der Waals surface area contributed by atoms with Gasteiger partial charge in [-0.05, 0) is 55.5 Å². The largest absolute Gasteiger partial charge is 0.483 e. The van der Waals surface area contributed by atoms with Crippen molar-refractivity contribution in [1.82, 2.24) is 10.2 Å². The Kier molecular flexibility index (Phi) is 8.70. The molecule has 196 valence electrons. The van der Waals surface area contributed by atoms with Crippen LogP contribution in [0.2, 0.25) is 5.02 Å². The van der Waals surface area contributed by atoms with Crippen molar-refractivity contribution >= 4 is 34.2 Å². The molecule has 0 aliphatic rings. The maximum absolute atomic E-state index is 13.8. The molecule has 0 radical (unpaired) electrons. The molecule has 0 bridgehead atoms. The lowest BCUT2D eigenvalue weighted by Crippen LogP contribution is -2.55. The van der Waals surface area contributed by atoms with Crippen molar-refractivity contribution in [2.45, 2.75) is 45.3 Å². The molecule has 4 aromatic rings. The minimum atomic E-state index is -0.740. The molecule has 0 saturated heterocycles. The van der Waals surface area contributed by atoms with Crippen LogP contribution in [0, 0.1) is 0 Å². The van der Waals surface area contributed by atoms with Crippen LogP contribution in [0.25, 0.3) is 10.8 Å². The Balaban J connectivity index is 1.65. The number of halogens is 1. The monoisotopic (exact) mass is 528 g/mol. The summed E-state index contributed by atoms with van der Waals surface area (Å²) in [5.41, 5.74) is 1.38. The summed E-state index contributed by atoms with van der Waals surface area (Å²) in [4.78, 5) is 29.1. The van der Waals surface area contributed by atoms with Gasteiger partial charge in [0.25, 0.3) is 5.91 Å². The first kappa shape index (κ1) is 27.2. The average Bonchev–Trinajstić information content (AvgIpc) is 2.90. The summed E-state index contributed by atoms with van der Waals surface area (Å²) < 4.78 is 6.06. The standard InChI is InChI=1S/C32H33ClN2O3/c1-32(2,3)34-31(37)28(20-23-10-5-4-6-11-23)35(21-24-16-18-26(33)19-17-24)30(36)22-38-29-15-9-13-25-12-7-8-14-27(25)29/h4-19,28H,20-22H2,1-3H3,(H,34,37). The maximum atomic E-state index is 13.8. The van der Waals surface area contributed by atoms with Gasteiger partial charge in [-0.2, -0.15) is 0 Å². The number of ether oxygens (including phenoxy) is 1. The van der Waals surface area contributed by atoms with Crippen LogP contribution in [-0.2, 0) is 22.6 Å². The number of fused-ring (bicyclic) bond motifs is 1. The van der Waals surface area contributed by atoms with E-state index in [-0.39, 0.29) is 25.0 Å². The molecule has 0 heterocycles. The third kappa shape index (κ3) is 7.36. The molecule has 4 aromatic carbocycles. The Bertz CT molecular complexity index is 1380. The molecule has 5 nitrogen and oxygen atoms in total. The fourth-order valence-electron chi connectivity index (χ4n) is 4.34. The molecule has 4 rings (SSSR count). The van der Waals surface area contributed by atoms with Crippen LogP contribution >= 0.6 is 11.6 Å². The second-order valence-electron chi connectivity index (χ2n) is 10.4. The maximum Gasteiger partial charge on any atom is 0.261 e. The molecule has 0 spiro atoms. The van der Waals surface area contributed by atoms with Gasteiger partial charge in [0.2, 0.25) is 5.91 Å². The first-order chi connectivity index (χ1) is 18.2. The molecule has 0 aliphatic carbocycles. The van der Waals surface area contributed by atoms with Crippen LogP contribution in [-0.4, -0.2) is 34.9 Å². The Labute approximate surface area is 229 Å². The van der Waals surface area contributed by atoms with E-state index in [1.807, 2.05) is 106 Å². The molecule has 6 heteroatoms. The van der Waals surface area contributed by atoms with Gasteiger partial charge in [-0.25, -0.2) is 0 Å². The molecule has 1 atom stereocenters. The summed E-state index contributed by atoms with van der Waals surface area (Å²) in [7, 11) is 0. The van der Waals surface area contributed by atoms with Gasteiger partial charge in [0.05, 0.1) is 0 Å². The van der Waals surface area contributed by atoms with E-state index in [0.717, 1.165) is 21.9 Å². The molecule has 2 amide bonds. The van der Waals surface area contributed by atoms with E-state index in [0.29, 0.717) is 17.2 Å². The van der Waals surface area contributed by atoms with Gasteiger partial charge in [0, 0.05) is 28.9 Å². The number of nitrogens with one attached hydrogen (secondary N) is 1. The van der Waals surface area contributed by atoms with Crippen molar-refractivity contribution in [3.05, 3.63) is 113 Å². The Morgan fingerprint density at radius 3 is 2.21 bits per heavy atom. The zero-order valence-corrected chi connectivity index (χ0v) is 22.7. The first-order valence-corrected chi connectivity index (χ1v) is 13.1. The molecular formula is C32H33ClN2O3. The minimum Gasteiger partial charge on any atom is -0.483 e. The van der Waals surface area contributed by atoms with E-state index in [2.05, 4.69) is 5.32 Å². The quantitative estimate of drug-likeness (QED) is 0.272. The van der Waals surface area contributed by atoms with E-state index in [9.17, 15) is 9.59 Å². The summed E-state index contributed by atoms with van der Waals surface area (Å²) in [6.45, 7) is 5.83. The van der Waals surface area contributed by atoms with E-state index < -0.39 is 11.6 Å². The number of benzene rings is 4. The second-order valence-corrected chi connectivity index (χ2v) is 10.8. The SMILES string of the molecule is CC(C)(C)NC(=O)C(Cc1ccccc1)N(Cc1ccc(Cl)cc1)C(=O)COc1cccc2ccccc12. The van der Waals surface area contributed by atoms with Crippen LogP contribution in [0.3, 0.4) is 0 Å². The van der Waals surface area contributed by atoms with Crippen LogP contribution in [0.4, 0.5) is 0 Å². The number of carbonyl (C=O) groups excluding carboxylic acids is 2. The highest BCUT2D eigenvalue weighted by Crippen LogP contribution is 2.25. The predicted molar refractivity (Wildman–Crippen MR) is 153 cm³/mol. The van der Waals surface area contributed by atoms with Crippen LogP contribution in [0.15, 0.2) is 97.1 Å². The highest BCUT2D eigenvalue weighted by atomic mass is 35.5. The van der Waals surface area contributed by atoms with Crippen molar-refractivity contribution in [2.75, 3.05) is 6.61 Å². The van der Waals surface area contributed by atoms with Gasteiger partial charge in [0.15, 0.2) is 6.61 Å². The highest BCUT2D eigenvalue weighted by Gasteiger charge is 2.32. The summed E-state index contributed by atoms with van der Waals surface area (Å²) in [6, 6.07) is 29.9. The Hall–Kier alpha value is -3.83. The zero-order chi connectivity index (χ0) is 27.1. The van der Waals surface area contributed by atoms with Crippen LogP contribution < -0.4 is 10.1 Å². The van der Waals surface area contributed by atoms with Crippen molar-refractivity contribution in [3.63, 3.8) is 0 Å². The molecule has 1 unspecified atom stereocenters. The summed E-state index contributed by atoms with van der Waals surface area (Å²) in [5, 5.41) is 5.64. The highest BCUT2D eigenvalue weighted by molar-refractivity contribution is 6.30. The summed E-state index contributed by atoms with van der Waals surface area (Å²) >= 11 is 6.10.